The zero-order valence-corrected chi connectivity index (χ0v) is 12.2. The van der Waals surface area contributed by atoms with Gasteiger partial charge in [0.05, 0.1) is 18.8 Å². The molecule has 1 aromatic carbocycles. The van der Waals surface area contributed by atoms with Gasteiger partial charge < -0.3 is 14.8 Å². The fourth-order valence-electron chi connectivity index (χ4n) is 2.56. The molecule has 2 rings (SSSR count). The lowest BCUT2D eigenvalue weighted by Gasteiger charge is -2.39. The summed E-state index contributed by atoms with van der Waals surface area (Å²) >= 11 is 0. The Morgan fingerprint density at radius 1 is 1.37 bits per heavy atom. The first-order valence-corrected chi connectivity index (χ1v) is 7.16. The van der Waals surface area contributed by atoms with E-state index in [2.05, 4.69) is 31.3 Å². The number of hydrogen-bond donors (Lipinski definition) is 1. The summed E-state index contributed by atoms with van der Waals surface area (Å²) in [5.74, 6) is 0.914. The first-order chi connectivity index (χ1) is 9.15. The van der Waals surface area contributed by atoms with E-state index in [4.69, 9.17) is 9.47 Å². The van der Waals surface area contributed by atoms with Gasteiger partial charge in [0, 0.05) is 13.1 Å². The minimum atomic E-state index is -0.0428. The lowest BCUT2D eigenvalue weighted by molar-refractivity contribution is -0.109. The normalized spacial score (nSPS) is 27.2. The van der Waals surface area contributed by atoms with Crippen LogP contribution in [0.3, 0.4) is 0 Å². The standard InChI is InChI=1S/C16H25NO2/c1-4-14-11-17-12-16(2,19-14)10-9-13-5-7-15(18-3)8-6-13/h5-8,14,17H,4,9-12H2,1-3H3. The predicted molar refractivity (Wildman–Crippen MR) is 77.8 cm³/mol. The highest BCUT2D eigenvalue weighted by molar-refractivity contribution is 5.27. The minimum Gasteiger partial charge on any atom is -0.497 e. The number of aryl methyl sites for hydroxylation is 1. The first kappa shape index (κ1) is 14.4. The van der Waals surface area contributed by atoms with Crippen LogP contribution in [0.15, 0.2) is 24.3 Å². The summed E-state index contributed by atoms with van der Waals surface area (Å²) in [5, 5.41) is 3.49. The van der Waals surface area contributed by atoms with Crippen LogP contribution < -0.4 is 10.1 Å². The zero-order chi connectivity index (χ0) is 13.7. The van der Waals surface area contributed by atoms with Crippen molar-refractivity contribution in [3.8, 4) is 5.75 Å². The molecule has 3 heteroatoms. The third-order valence-corrected chi connectivity index (χ3v) is 3.88. The maximum Gasteiger partial charge on any atom is 0.118 e. The fourth-order valence-corrected chi connectivity index (χ4v) is 2.56. The van der Waals surface area contributed by atoms with E-state index in [0.29, 0.717) is 6.10 Å². The molecule has 2 atom stereocenters. The molecule has 2 unspecified atom stereocenters. The van der Waals surface area contributed by atoms with Crippen LogP contribution in [0.5, 0.6) is 5.75 Å². The molecule has 0 aromatic heterocycles. The number of nitrogens with one attached hydrogen (secondary N) is 1. The minimum absolute atomic E-state index is 0.0428. The highest BCUT2D eigenvalue weighted by atomic mass is 16.5. The van der Waals surface area contributed by atoms with Crippen molar-refractivity contribution in [1.29, 1.82) is 0 Å². The Kier molecular flexibility index (Phi) is 4.83. The van der Waals surface area contributed by atoms with Crippen molar-refractivity contribution in [2.75, 3.05) is 20.2 Å². The number of benzene rings is 1. The van der Waals surface area contributed by atoms with Crippen LogP contribution in [0.1, 0.15) is 32.3 Å². The molecule has 1 aliphatic rings. The second kappa shape index (κ2) is 6.40. The molecule has 19 heavy (non-hydrogen) atoms. The van der Waals surface area contributed by atoms with Gasteiger partial charge in [-0.2, -0.15) is 0 Å². The summed E-state index contributed by atoms with van der Waals surface area (Å²) < 4.78 is 11.4. The Morgan fingerprint density at radius 3 is 2.74 bits per heavy atom. The van der Waals surface area contributed by atoms with Gasteiger partial charge >= 0.3 is 0 Å². The highest BCUT2D eigenvalue weighted by Gasteiger charge is 2.31. The number of ether oxygens (including phenoxy) is 2. The van der Waals surface area contributed by atoms with Gasteiger partial charge in [0.15, 0.2) is 0 Å². The van der Waals surface area contributed by atoms with E-state index >= 15 is 0 Å². The average Bonchev–Trinajstić information content (AvgIpc) is 2.46. The average molecular weight is 263 g/mol. The molecule has 0 aliphatic carbocycles. The molecule has 1 saturated heterocycles. The number of methoxy groups -OCH3 is 1. The molecular weight excluding hydrogens is 238 g/mol. The molecule has 3 nitrogen and oxygen atoms in total. The van der Waals surface area contributed by atoms with Crippen molar-refractivity contribution in [1.82, 2.24) is 5.32 Å². The maximum atomic E-state index is 6.20. The molecule has 0 spiro atoms. The van der Waals surface area contributed by atoms with Crippen LogP contribution in [0.25, 0.3) is 0 Å². The molecule has 1 heterocycles. The second-order valence-corrected chi connectivity index (χ2v) is 5.58. The van der Waals surface area contributed by atoms with Crippen LogP contribution >= 0.6 is 0 Å². The van der Waals surface area contributed by atoms with E-state index in [9.17, 15) is 0 Å². The Hall–Kier alpha value is -1.06. The topological polar surface area (TPSA) is 30.5 Å². The van der Waals surface area contributed by atoms with E-state index in [1.165, 1.54) is 5.56 Å². The van der Waals surface area contributed by atoms with Crippen LogP contribution in [0, 0.1) is 0 Å². The molecule has 1 fully saturated rings. The number of morpholine rings is 1. The summed E-state index contributed by atoms with van der Waals surface area (Å²) in [6.45, 7) is 6.32. The smallest absolute Gasteiger partial charge is 0.118 e. The molecule has 0 amide bonds. The van der Waals surface area contributed by atoms with Gasteiger partial charge in [0.1, 0.15) is 5.75 Å². The van der Waals surface area contributed by atoms with Crippen molar-refractivity contribution in [3.63, 3.8) is 0 Å². The summed E-state index contributed by atoms with van der Waals surface area (Å²) in [5.41, 5.74) is 1.29. The van der Waals surface area contributed by atoms with Gasteiger partial charge in [0.25, 0.3) is 0 Å². The van der Waals surface area contributed by atoms with E-state index in [0.717, 1.165) is 38.1 Å². The maximum absolute atomic E-state index is 6.20. The van der Waals surface area contributed by atoms with E-state index in [1.807, 2.05) is 12.1 Å². The molecule has 1 N–H and O–H groups in total. The second-order valence-electron chi connectivity index (χ2n) is 5.58. The summed E-state index contributed by atoms with van der Waals surface area (Å²) in [6, 6.07) is 8.31. The monoisotopic (exact) mass is 263 g/mol. The molecule has 1 aliphatic heterocycles. The van der Waals surface area contributed by atoms with E-state index < -0.39 is 0 Å². The number of hydrogen-bond acceptors (Lipinski definition) is 3. The Labute approximate surface area is 116 Å². The van der Waals surface area contributed by atoms with Crippen molar-refractivity contribution in [3.05, 3.63) is 29.8 Å². The van der Waals surface area contributed by atoms with Crippen LogP contribution in [-0.4, -0.2) is 31.9 Å². The lowest BCUT2D eigenvalue weighted by atomic mass is 9.94. The van der Waals surface area contributed by atoms with Gasteiger partial charge in [-0.3, -0.25) is 0 Å². The van der Waals surface area contributed by atoms with Crippen molar-refractivity contribution in [2.45, 2.75) is 44.8 Å². The van der Waals surface area contributed by atoms with Gasteiger partial charge in [-0.1, -0.05) is 19.1 Å². The fraction of sp³-hybridized carbons (Fsp3) is 0.625. The summed E-state index contributed by atoms with van der Waals surface area (Å²) in [7, 11) is 1.70. The Bertz CT molecular complexity index is 390. The molecule has 1 aromatic rings. The van der Waals surface area contributed by atoms with Crippen molar-refractivity contribution >= 4 is 0 Å². The highest BCUT2D eigenvalue weighted by Crippen LogP contribution is 2.24. The predicted octanol–water partition coefficient (Wildman–Crippen LogP) is 2.78. The largest absolute Gasteiger partial charge is 0.497 e. The van der Waals surface area contributed by atoms with Crippen LogP contribution in [-0.2, 0) is 11.2 Å². The zero-order valence-electron chi connectivity index (χ0n) is 12.2. The summed E-state index contributed by atoms with van der Waals surface area (Å²) in [4.78, 5) is 0. The Balaban J connectivity index is 1.89. The van der Waals surface area contributed by atoms with Crippen molar-refractivity contribution in [2.24, 2.45) is 0 Å². The van der Waals surface area contributed by atoms with Gasteiger partial charge in [-0.15, -0.1) is 0 Å². The Morgan fingerprint density at radius 2 is 2.11 bits per heavy atom. The first-order valence-electron chi connectivity index (χ1n) is 7.16. The molecule has 0 bridgehead atoms. The van der Waals surface area contributed by atoms with E-state index in [1.54, 1.807) is 7.11 Å². The quantitative estimate of drug-likeness (QED) is 0.886. The molecule has 0 saturated carbocycles. The SMILES string of the molecule is CCC1CNCC(C)(CCc2ccc(OC)cc2)O1. The van der Waals surface area contributed by atoms with Crippen LogP contribution in [0.4, 0.5) is 0 Å². The molecular formula is C16H25NO2. The van der Waals surface area contributed by atoms with Gasteiger partial charge in [-0.25, -0.2) is 0 Å². The third kappa shape index (κ3) is 3.95. The van der Waals surface area contributed by atoms with Crippen molar-refractivity contribution < 1.29 is 9.47 Å². The number of rotatable bonds is 5. The lowest BCUT2D eigenvalue weighted by Crippen LogP contribution is -2.52. The van der Waals surface area contributed by atoms with Gasteiger partial charge in [-0.05, 0) is 43.9 Å². The van der Waals surface area contributed by atoms with Crippen LogP contribution in [0.2, 0.25) is 0 Å². The third-order valence-electron chi connectivity index (χ3n) is 3.88. The van der Waals surface area contributed by atoms with Gasteiger partial charge in [0.2, 0.25) is 0 Å². The summed E-state index contributed by atoms with van der Waals surface area (Å²) in [6.07, 6.45) is 3.52. The molecule has 106 valence electrons. The van der Waals surface area contributed by atoms with E-state index in [-0.39, 0.29) is 5.60 Å². The molecule has 0 radical (unpaired) electrons.